The summed E-state index contributed by atoms with van der Waals surface area (Å²) >= 11 is 0. The highest BCUT2D eigenvalue weighted by atomic mass is 16.6. The highest BCUT2D eigenvalue weighted by molar-refractivity contribution is 5.96. The molecule has 28 heavy (non-hydrogen) atoms. The molecule has 0 atom stereocenters. The summed E-state index contributed by atoms with van der Waals surface area (Å²) in [4.78, 5) is 35.1. The molecule has 0 saturated carbocycles. The number of aryl methyl sites for hydroxylation is 1. The van der Waals surface area contributed by atoms with Gasteiger partial charge in [-0.15, -0.1) is 0 Å². The van der Waals surface area contributed by atoms with E-state index >= 15 is 0 Å². The van der Waals surface area contributed by atoms with Crippen LogP contribution in [0.1, 0.15) is 15.9 Å². The zero-order valence-corrected chi connectivity index (χ0v) is 15.0. The molecular formula is C18H16N6O4. The van der Waals surface area contributed by atoms with Crippen LogP contribution in [0.15, 0.2) is 48.9 Å². The molecule has 2 heterocycles. The minimum absolute atomic E-state index is 0.0330. The van der Waals surface area contributed by atoms with Gasteiger partial charge in [0.1, 0.15) is 12.1 Å². The van der Waals surface area contributed by atoms with Gasteiger partial charge in [-0.05, 0) is 30.7 Å². The molecule has 3 aromatic rings. The van der Waals surface area contributed by atoms with Crippen molar-refractivity contribution in [2.45, 2.75) is 6.92 Å². The minimum atomic E-state index is -0.611. The average molecular weight is 380 g/mol. The number of pyridine rings is 1. The highest BCUT2D eigenvalue weighted by Gasteiger charge is 2.24. The first-order valence-corrected chi connectivity index (χ1v) is 8.13. The molecule has 10 nitrogen and oxygen atoms in total. The first-order chi connectivity index (χ1) is 13.5. The lowest BCUT2D eigenvalue weighted by atomic mass is 10.2. The van der Waals surface area contributed by atoms with Gasteiger partial charge in [0.2, 0.25) is 11.6 Å². The van der Waals surface area contributed by atoms with Crippen molar-refractivity contribution in [2.24, 2.45) is 0 Å². The number of carbonyl (C=O) groups is 1. The predicted octanol–water partition coefficient (Wildman–Crippen LogP) is 3.36. The largest absolute Gasteiger partial charge is 0.465 e. The molecule has 0 bridgehead atoms. The number of anilines is 4. The summed E-state index contributed by atoms with van der Waals surface area (Å²) in [5.74, 6) is -0.296. The summed E-state index contributed by atoms with van der Waals surface area (Å²) in [6.07, 6.45) is 2.80. The summed E-state index contributed by atoms with van der Waals surface area (Å²) in [7, 11) is 1.25. The molecule has 10 heteroatoms. The van der Waals surface area contributed by atoms with Crippen LogP contribution in [-0.2, 0) is 4.74 Å². The predicted molar refractivity (Wildman–Crippen MR) is 102 cm³/mol. The van der Waals surface area contributed by atoms with Gasteiger partial charge >= 0.3 is 11.7 Å². The van der Waals surface area contributed by atoms with Gasteiger partial charge < -0.3 is 15.4 Å². The van der Waals surface area contributed by atoms with Crippen molar-refractivity contribution in [3.8, 4) is 0 Å². The maximum atomic E-state index is 11.9. The molecule has 0 aliphatic heterocycles. The third-order valence-electron chi connectivity index (χ3n) is 3.75. The Labute approximate surface area is 159 Å². The van der Waals surface area contributed by atoms with Crippen molar-refractivity contribution < 1.29 is 14.5 Å². The van der Waals surface area contributed by atoms with Crippen molar-refractivity contribution in [1.82, 2.24) is 15.0 Å². The maximum absolute atomic E-state index is 11.9. The molecule has 0 saturated heterocycles. The van der Waals surface area contributed by atoms with Crippen LogP contribution in [0.2, 0.25) is 0 Å². The highest BCUT2D eigenvalue weighted by Crippen LogP contribution is 2.33. The number of nitro groups is 1. The molecule has 0 spiro atoms. The number of ether oxygens (including phenoxy) is 1. The van der Waals surface area contributed by atoms with Gasteiger partial charge in [-0.2, -0.15) is 0 Å². The molecule has 0 radical (unpaired) electrons. The quantitative estimate of drug-likeness (QED) is 0.375. The van der Waals surface area contributed by atoms with E-state index in [9.17, 15) is 14.9 Å². The number of esters is 1. The van der Waals surface area contributed by atoms with Crippen LogP contribution in [0.3, 0.4) is 0 Å². The number of hydrogen-bond acceptors (Lipinski definition) is 9. The number of benzene rings is 1. The summed E-state index contributed by atoms with van der Waals surface area (Å²) in [6.45, 7) is 1.88. The number of para-hydroxylation sites is 1. The van der Waals surface area contributed by atoms with E-state index in [0.717, 1.165) is 5.56 Å². The smallest absolute Gasteiger partial charge is 0.353 e. The number of nitrogens with one attached hydrogen (secondary N) is 2. The Morgan fingerprint density at radius 2 is 1.79 bits per heavy atom. The third kappa shape index (κ3) is 4.01. The van der Waals surface area contributed by atoms with E-state index in [1.165, 1.54) is 19.5 Å². The Kier molecular flexibility index (Phi) is 5.40. The molecule has 2 aromatic heterocycles. The molecule has 2 N–H and O–H groups in total. The van der Waals surface area contributed by atoms with E-state index < -0.39 is 10.9 Å². The third-order valence-corrected chi connectivity index (χ3v) is 3.75. The van der Waals surface area contributed by atoms with Crippen molar-refractivity contribution in [3.05, 3.63) is 70.2 Å². The van der Waals surface area contributed by atoms with Gasteiger partial charge in [-0.25, -0.2) is 19.7 Å². The van der Waals surface area contributed by atoms with E-state index in [2.05, 4.69) is 25.6 Å². The zero-order valence-electron chi connectivity index (χ0n) is 15.0. The second kappa shape index (κ2) is 8.08. The number of carbonyl (C=O) groups excluding carboxylic acids is 1. The number of rotatable bonds is 6. The van der Waals surface area contributed by atoms with Crippen molar-refractivity contribution in [3.63, 3.8) is 0 Å². The normalized spacial score (nSPS) is 10.2. The molecule has 1 aromatic carbocycles. The van der Waals surface area contributed by atoms with Crippen LogP contribution in [0.5, 0.6) is 0 Å². The second-order valence-corrected chi connectivity index (χ2v) is 5.68. The second-order valence-electron chi connectivity index (χ2n) is 5.68. The van der Waals surface area contributed by atoms with Crippen molar-refractivity contribution in [2.75, 3.05) is 17.7 Å². The molecule has 0 aliphatic carbocycles. The van der Waals surface area contributed by atoms with E-state index in [-0.39, 0.29) is 22.9 Å². The van der Waals surface area contributed by atoms with Gasteiger partial charge in [-0.1, -0.05) is 18.2 Å². The Morgan fingerprint density at radius 3 is 2.43 bits per heavy atom. The Balaban J connectivity index is 2.00. The van der Waals surface area contributed by atoms with E-state index in [1.807, 2.05) is 13.0 Å². The van der Waals surface area contributed by atoms with Crippen LogP contribution in [0.25, 0.3) is 0 Å². The molecule has 0 fully saturated rings. The molecule has 142 valence electrons. The fraction of sp³-hybridized carbons (Fsp3) is 0.111. The summed E-state index contributed by atoms with van der Waals surface area (Å²) in [5.41, 5.74) is 1.09. The lowest BCUT2D eigenvalue weighted by Crippen LogP contribution is -2.09. The van der Waals surface area contributed by atoms with Crippen LogP contribution in [-0.4, -0.2) is 33.0 Å². The van der Waals surface area contributed by atoms with Crippen molar-refractivity contribution in [1.29, 1.82) is 0 Å². The molecular weight excluding hydrogens is 364 g/mol. The summed E-state index contributed by atoms with van der Waals surface area (Å²) < 4.78 is 4.74. The van der Waals surface area contributed by atoms with Crippen LogP contribution in [0.4, 0.5) is 28.8 Å². The standard InChI is InChI=1S/C18H16N6O4/c1-11-7-8-14(19-9-11)23-17-15(24(26)27)16(20-10-21-17)22-13-6-4-3-5-12(13)18(25)28-2/h3-10H,1-2H3,(H2,19,20,21,22,23). The number of aromatic nitrogens is 3. The first-order valence-electron chi connectivity index (χ1n) is 8.13. The van der Waals surface area contributed by atoms with Crippen LogP contribution in [0, 0.1) is 17.0 Å². The Morgan fingerprint density at radius 1 is 1.07 bits per heavy atom. The van der Waals surface area contributed by atoms with Crippen LogP contribution < -0.4 is 10.6 Å². The number of nitrogens with zero attached hydrogens (tertiary/aromatic N) is 4. The molecule has 0 aliphatic rings. The molecule has 0 amide bonds. The summed E-state index contributed by atoms with van der Waals surface area (Å²) in [5, 5.41) is 17.3. The topological polar surface area (TPSA) is 132 Å². The molecule has 3 rings (SSSR count). The zero-order chi connectivity index (χ0) is 20.1. The van der Waals surface area contributed by atoms with Gasteiger partial charge in [-0.3, -0.25) is 10.1 Å². The van der Waals surface area contributed by atoms with Gasteiger partial charge in [0, 0.05) is 6.20 Å². The maximum Gasteiger partial charge on any atom is 0.353 e. The minimum Gasteiger partial charge on any atom is -0.465 e. The number of hydrogen-bond donors (Lipinski definition) is 2. The summed E-state index contributed by atoms with van der Waals surface area (Å²) in [6, 6.07) is 9.96. The SMILES string of the molecule is COC(=O)c1ccccc1Nc1ncnc(Nc2ccc(C)cn2)c1[N+](=O)[O-]. The number of methoxy groups -OCH3 is 1. The van der Waals surface area contributed by atoms with E-state index in [1.54, 1.807) is 30.5 Å². The van der Waals surface area contributed by atoms with Gasteiger partial charge in [0.05, 0.1) is 23.3 Å². The molecule has 0 unspecified atom stereocenters. The lowest BCUT2D eigenvalue weighted by Gasteiger charge is -2.12. The van der Waals surface area contributed by atoms with Crippen molar-refractivity contribution >= 4 is 34.8 Å². The van der Waals surface area contributed by atoms with Gasteiger partial charge in [0.25, 0.3) is 0 Å². The lowest BCUT2D eigenvalue weighted by molar-refractivity contribution is -0.383. The Hall–Kier alpha value is -4.08. The van der Waals surface area contributed by atoms with Crippen LogP contribution >= 0.6 is 0 Å². The first kappa shape index (κ1) is 18.7. The fourth-order valence-corrected chi connectivity index (χ4v) is 2.41. The Bertz CT molecular complexity index is 1020. The average Bonchev–Trinajstić information content (AvgIpc) is 2.69. The van der Waals surface area contributed by atoms with E-state index in [0.29, 0.717) is 11.5 Å². The monoisotopic (exact) mass is 380 g/mol. The van der Waals surface area contributed by atoms with Gasteiger partial charge in [0.15, 0.2) is 0 Å². The van der Waals surface area contributed by atoms with E-state index in [4.69, 9.17) is 4.74 Å². The fourth-order valence-electron chi connectivity index (χ4n) is 2.41.